The molecule has 1 heterocycles. The molecule has 0 fully saturated rings. The molecule has 6 nitrogen and oxygen atoms in total. The molecule has 1 aromatic carbocycles. The van der Waals surface area contributed by atoms with Crippen LogP contribution in [0.3, 0.4) is 0 Å². The number of hydrogen-bond donors (Lipinski definition) is 4. The predicted octanol–water partition coefficient (Wildman–Crippen LogP) is 1.00. The molecule has 2 aromatic rings. The Balaban J connectivity index is 2.51. The molecule has 2 rings (SSSR count). The largest absolute Gasteiger partial charge is 0.506 e. The van der Waals surface area contributed by atoms with Crippen molar-refractivity contribution in [3.8, 4) is 5.75 Å². The summed E-state index contributed by atoms with van der Waals surface area (Å²) in [4.78, 5) is 26.2. The molecular formula is C13H13N3O3. The van der Waals surface area contributed by atoms with Gasteiger partial charge in [0.2, 0.25) is 0 Å². The van der Waals surface area contributed by atoms with E-state index in [1.807, 2.05) is 0 Å². The number of aromatic hydroxyl groups is 1. The third-order valence-electron chi connectivity index (χ3n) is 2.51. The van der Waals surface area contributed by atoms with Crippen molar-refractivity contribution < 1.29 is 9.90 Å². The van der Waals surface area contributed by atoms with Gasteiger partial charge in [0, 0.05) is 11.1 Å². The van der Waals surface area contributed by atoms with Crippen molar-refractivity contribution in [3.63, 3.8) is 0 Å². The summed E-state index contributed by atoms with van der Waals surface area (Å²) < 4.78 is 0. The number of fused-ring (bicyclic) bond motifs is 1. The Bertz CT molecular complexity index is 719. The molecule has 1 aromatic heterocycles. The number of carbonyl (C=O) groups excluding carboxylic acids is 1. The van der Waals surface area contributed by atoms with Crippen LogP contribution in [0.5, 0.6) is 5.75 Å². The molecule has 0 unspecified atom stereocenters. The number of nitrogens with one attached hydrogen (secondary N) is 3. The highest BCUT2D eigenvalue weighted by atomic mass is 16.3. The van der Waals surface area contributed by atoms with Gasteiger partial charge in [0.1, 0.15) is 11.3 Å². The Kier molecular flexibility index (Phi) is 3.24. The maximum atomic E-state index is 11.8. The van der Waals surface area contributed by atoms with Gasteiger partial charge >= 0.3 is 0 Å². The smallest absolute Gasteiger partial charge is 0.279 e. The Morgan fingerprint density at radius 1 is 1.32 bits per heavy atom. The summed E-state index contributed by atoms with van der Waals surface area (Å²) in [5.41, 5.74) is 4.74. The van der Waals surface area contributed by atoms with Crippen molar-refractivity contribution in [2.24, 2.45) is 0 Å². The van der Waals surface area contributed by atoms with Crippen molar-refractivity contribution >= 4 is 16.8 Å². The predicted molar refractivity (Wildman–Crippen MR) is 71.6 cm³/mol. The fourth-order valence-corrected chi connectivity index (χ4v) is 1.66. The SMILES string of the molecule is C=C(C)NNC(=O)c1c(O)c2ccccc2[nH]c1=O. The zero-order valence-corrected chi connectivity index (χ0v) is 10.3. The molecule has 0 radical (unpaired) electrons. The topological polar surface area (TPSA) is 94.2 Å². The molecule has 0 bridgehead atoms. The van der Waals surface area contributed by atoms with E-state index >= 15 is 0 Å². The van der Waals surface area contributed by atoms with Crippen LogP contribution in [-0.4, -0.2) is 16.0 Å². The lowest BCUT2D eigenvalue weighted by molar-refractivity contribution is 0.0935. The molecule has 4 N–H and O–H groups in total. The molecule has 0 aliphatic carbocycles. The summed E-state index contributed by atoms with van der Waals surface area (Å²) in [5.74, 6) is -1.08. The minimum Gasteiger partial charge on any atom is -0.506 e. The second-order valence-corrected chi connectivity index (χ2v) is 4.08. The number of benzene rings is 1. The summed E-state index contributed by atoms with van der Waals surface area (Å²) >= 11 is 0. The van der Waals surface area contributed by atoms with Crippen molar-refractivity contribution in [1.29, 1.82) is 0 Å². The van der Waals surface area contributed by atoms with E-state index in [0.29, 0.717) is 16.6 Å². The highest BCUT2D eigenvalue weighted by molar-refractivity contribution is 6.01. The number of pyridine rings is 1. The summed E-state index contributed by atoms with van der Waals surface area (Å²) in [6.45, 7) is 5.18. The van der Waals surface area contributed by atoms with E-state index in [9.17, 15) is 14.7 Å². The maximum Gasteiger partial charge on any atom is 0.279 e. The third-order valence-corrected chi connectivity index (χ3v) is 2.51. The quantitative estimate of drug-likeness (QED) is 0.618. The lowest BCUT2D eigenvalue weighted by Crippen LogP contribution is -2.38. The second-order valence-electron chi connectivity index (χ2n) is 4.08. The van der Waals surface area contributed by atoms with E-state index in [1.54, 1.807) is 31.2 Å². The van der Waals surface area contributed by atoms with Gasteiger partial charge in [-0.25, -0.2) is 0 Å². The fourth-order valence-electron chi connectivity index (χ4n) is 1.66. The fraction of sp³-hybridized carbons (Fsp3) is 0.0769. The lowest BCUT2D eigenvalue weighted by Gasteiger charge is -2.09. The summed E-state index contributed by atoms with van der Waals surface area (Å²) in [6.07, 6.45) is 0. The summed E-state index contributed by atoms with van der Waals surface area (Å²) in [6, 6.07) is 6.68. The Morgan fingerprint density at radius 3 is 2.68 bits per heavy atom. The van der Waals surface area contributed by atoms with Crippen molar-refractivity contribution in [2.45, 2.75) is 6.92 Å². The highest BCUT2D eigenvalue weighted by Gasteiger charge is 2.18. The highest BCUT2D eigenvalue weighted by Crippen LogP contribution is 2.24. The minimum absolute atomic E-state index is 0.340. The first-order valence-electron chi connectivity index (χ1n) is 5.56. The number of amides is 1. The Hall–Kier alpha value is -2.76. The molecule has 19 heavy (non-hydrogen) atoms. The van der Waals surface area contributed by atoms with E-state index in [1.165, 1.54) is 0 Å². The zero-order chi connectivity index (χ0) is 14.0. The number of hydrogen-bond acceptors (Lipinski definition) is 4. The maximum absolute atomic E-state index is 11.8. The van der Waals surface area contributed by atoms with E-state index < -0.39 is 11.5 Å². The van der Waals surface area contributed by atoms with Gasteiger partial charge in [-0.1, -0.05) is 18.7 Å². The van der Waals surface area contributed by atoms with Crippen LogP contribution in [0.4, 0.5) is 0 Å². The number of allylic oxidation sites excluding steroid dienone is 1. The van der Waals surface area contributed by atoms with Crippen LogP contribution in [0.1, 0.15) is 17.3 Å². The number of carbonyl (C=O) groups is 1. The van der Waals surface area contributed by atoms with Crippen molar-refractivity contribution in [1.82, 2.24) is 15.8 Å². The summed E-state index contributed by atoms with van der Waals surface area (Å²) in [5, 5.41) is 10.4. The van der Waals surface area contributed by atoms with Gasteiger partial charge in [-0.2, -0.15) is 0 Å². The number of aromatic nitrogens is 1. The van der Waals surface area contributed by atoms with Gasteiger partial charge in [-0.3, -0.25) is 15.0 Å². The number of hydrazine groups is 1. The van der Waals surface area contributed by atoms with Gasteiger partial charge in [-0.15, -0.1) is 0 Å². The molecular weight excluding hydrogens is 246 g/mol. The molecule has 0 saturated carbocycles. The van der Waals surface area contributed by atoms with Crippen LogP contribution in [0, 0.1) is 0 Å². The molecule has 0 spiro atoms. The van der Waals surface area contributed by atoms with Gasteiger partial charge in [0.05, 0.1) is 5.52 Å². The van der Waals surface area contributed by atoms with E-state index in [4.69, 9.17) is 0 Å². The average molecular weight is 259 g/mol. The molecule has 0 saturated heterocycles. The van der Waals surface area contributed by atoms with Crippen LogP contribution in [0.2, 0.25) is 0 Å². The van der Waals surface area contributed by atoms with E-state index in [0.717, 1.165) is 0 Å². The zero-order valence-electron chi connectivity index (χ0n) is 10.3. The minimum atomic E-state index is -0.729. The van der Waals surface area contributed by atoms with Crippen LogP contribution in [-0.2, 0) is 0 Å². The average Bonchev–Trinajstić information content (AvgIpc) is 2.36. The molecule has 98 valence electrons. The van der Waals surface area contributed by atoms with Gasteiger partial charge in [0.25, 0.3) is 11.5 Å². The van der Waals surface area contributed by atoms with Crippen LogP contribution in [0.15, 0.2) is 41.3 Å². The van der Waals surface area contributed by atoms with Crippen molar-refractivity contribution in [2.75, 3.05) is 0 Å². The normalized spacial score (nSPS) is 10.2. The monoisotopic (exact) mass is 259 g/mol. The molecule has 1 amide bonds. The van der Waals surface area contributed by atoms with Crippen LogP contribution in [0.25, 0.3) is 10.9 Å². The summed E-state index contributed by atoms with van der Waals surface area (Å²) in [7, 11) is 0. The molecule has 6 heteroatoms. The number of H-pyrrole nitrogens is 1. The van der Waals surface area contributed by atoms with Gasteiger partial charge in [0.15, 0.2) is 0 Å². The first-order valence-corrected chi connectivity index (χ1v) is 5.56. The molecule has 0 aliphatic rings. The molecule has 0 atom stereocenters. The third kappa shape index (κ3) is 2.42. The van der Waals surface area contributed by atoms with Crippen LogP contribution < -0.4 is 16.4 Å². The van der Waals surface area contributed by atoms with E-state index in [2.05, 4.69) is 22.4 Å². The van der Waals surface area contributed by atoms with Gasteiger partial charge < -0.3 is 15.5 Å². The van der Waals surface area contributed by atoms with Gasteiger partial charge in [-0.05, 0) is 19.1 Å². The van der Waals surface area contributed by atoms with E-state index in [-0.39, 0.29) is 11.3 Å². The number of aromatic amines is 1. The first kappa shape index (κ1) is 12.7. The second kappa shape index (κ2) is 4.85. The Morgan fingerprint density at radius 2 is 2.00 bits per heavy atom. The van der Waals surface area contributed by atoms with Crippen molar-refractivity contribution in [3.05, 3.63) is 52.5 Å². The molecule has 0 aliphatic heterocycles. The standard InChI is InChI=1S/C13H13N3O3/c1-7(2)15-16-13(19)10-11(17)8-5-3-4-6-9(8)14-12(10)18/h3-6,15H,1H2,2H3,(H,16,19)(H2,14,17,18). The lowest BCUT2D eigenvalue weighted by atomic mass is 10.1. The first-order chi connectivity index (χ1) is 9.00. The Labute approximate surface area is 108 Å². The van der Waals surface area contributed by atoms with Crippen LogP contribution >= 0.6 is 0 Å². The number of rotatable bonds is 3. The number of para-hydroxylation sites is 1.